The highest BCUT2D eigenvalue weighted by Crippen LogP contribution is 2.18. The number of amides is 2. The van der Waals surface area contributed by atoms with Crippen LogP contribution in [0.3, 0.4) is 0 Å². The Labute approximate surface area is 139 Å². The van der Waals surface area contributed by atoms with Crippen LogP contribution in [-0.4, -0.2) is 18.4 Å². The van der Waals surface area contributed by atoms with Crippen molar-refractivity contribution in [1.82, 2.24) is 5.32 Å². The molecule has 0 radical (unpaired) electrons. The minimum atomic E-state index is -0.601. The first kappa shape index (κ1) is 16.8. The Bertz CT molecular complexity index is 701. The Balaban J connectivity index is 1.93. The first-order valence-corrected chi connectivity index (χ1v) is 7.41. The van der Waals surface area contributed by atoms with E-state index in [1.165, 1.54) is 0 Å². The monoisotopic (exact) mass is 332 g/mol. The molecule has 6 heteroatoms. The standard InChI is InChI=1S/C17H17ClN2O3/c1-11(12-6-8-13(18)9-7-12)20-16(21)10-23-15-5-3-2-4-14(15)17(19)22/h2-9,11H,10H2,1H3,(H2,19,22)(H,20,21). The lowest BCUT2D eigenvalue weighted by Crippen LogP contribution is -2.31. The van der Waals surface area contributed by atoms with Gasteiger partial charge in [0.15, 0.2) is 6.61 Å². The predicted octanol–water partition coefficient (Wildman–Crippen LogP) is 2.70. The number of hydrogen-bond acceptors (Lipinski definition) is 3. The van der Waals surface area contributed by atoms with Crippen LogP contribution in [0.15, 0.2) is 48.5 Å². The van der Waals surface area contributed by atoms with Crippen LogP contribution in [-0.2, 0) is 4.79 Å². The third-order valence-corrected chi connectivity index (χ3v) is 3.51. The Morgan fingerprint density at radius 1 is 1.17 bits per heavy atom. The summed E-state index contributed by atoms with van der Waals surface area (Å²) in [4.78, 5) is 23.3. The van der Waals surface area contributed by atoms with Gasteiger partial charge in [0.1, 0.15) is 5.75 Å². The van der Waals surface area contributed by atoms with Gasteiger partial charge < -0.3 is 15.8 Å². The Kier molecular flexibility index (Phi) is 5.60. The summed E-state index contributed by atoms with van der Waals surface area (Å²) in [5.74, 6) is -0.614. The quantitative estimate of drug-likeness (QED) is 0.853. The molecule has 0 aliphatic heterocycles. The zero-order chi connectivity index (χ0) is 16.8. The third-order valence-electron chi connectivity index (χ3n) is 3.26. The second kappa shape index (κ2) is 7.65. The summed E-state index contributed by atoms with van der Waals surface area (Å²) < 4.78 is 5.38. The summed E-state index contributed by atoms with van der Waals surface area (Å²) in [5.41, 5.74) is 6.43. The van der Waals surface area contributed by atoms with Crippen molar-refractivity contribution in [2.75, 3.05) is 6.61 Å². The number of nitrogens with two attached hydrogens (primary N) is 1. The van der Waals surface area contributed by atoms with E-state index in [4.69, 9.17) is 22.1 Å². The van der Waals surface area contributed by atoms with Crippen molar-refractivity contribution in [1.29, 1.82) is 0 Å². The average Bonchev–Trinajstić information content (AvgIpc) is 2.53. The fraction of sp³-hybridized carbons (Fsp3) is 0.176. The van der Waals surface area contributed by atoms with Crippen LogP contribution in [0.4, 0.5) is 0 Å². The molecule has 2 rings (SSSR count). The number of primary amides is 1. The molecule has 0 fully saturated rings. The maximum atomic E-state index is 12.0. The molecule has 120 valence electrons. The van der Waals surface area contributed by atoms with E-state index < -0.39 is 5.91 Å². The van der Waals surface area contributed by atoms with Crippen LogP contribution in [0, 0.1) is 0 Å². The Morgan fingerprint density at radius 2 is 1.83 bits per heavy atom. The van der Waals surface area contributed by atoms with E-state index in [1.54, 1.807) is 36.4 Å². The number of halogens is 1. The first-order valence-electron chi connectivity index (χ1n) is 7.04. The summed E-state index contributed by atoms with van der Waals surface area (Å²) >= 11 is 5.83. The van der Waals surface area contributed by atoms with Crippen LogP contribution in [0.1, 0.15) is 28.9 Å². The average molecular weight is 333 g/mol. The van der Waals surface area contributed by atoms with Crippen LogP contribution >= 0.6 is 11.6 Å². The van der Waals surface area contributed by atoms with Crippen LogP contribution in [0.25, 0.3) is 0 Å². The van der Waals surface area contributed by atoms with Crippen molar-refractivity contribution in [3.05, 3.63) is 64.7 Å². The number of carbonyl (C=O) groups is 2. The summed E-state index contributed by atoms with van der Waals surface area (Å²) in [6, 6.07) is 13.5. The fourth-order valence-electron chi connectivity index (χ4n) is 2.06. The highest BCUT2D eigenvalue weighted by Gasteiger charge is 2.12. The number of rotatable bonds is 6. The van der Waals surface area contributed by atoms with Gasteiger partial charge in [-0.15, -0.1) is 0 Å². The van der Waals surface area contributed by atoms with Crippen molar-refractivity contribution in [2.45, 2.75) is 13.0 Å². The van der Waals surface area contributed by atoms with Gasteiger partial charge in [-0.3, -0.25) is 9.59 Å². The molecule has 2 amide bonds. The van der Waals surface area contributed by atoms with Crippen molar-refractivity contribution < 1.29 is 14.3 Å². The molecule has 1 atom stereocenters. The maximum absolute atomic E-state index is 12.0. The summed E-state index contributed by atoms with van der Waals surface area (Å²) in [6.07, 6.45) is 0. The molecule has 0 bridgehead atoms. The molecule has 5 nitrogen and oxygen atoms in total. The molecule has 0 aromatic heterocycles. The zero-order valence-electron chi connectivity index (χ0n) is 12.6. The molecule has 0 spiro atoms. The smallest absolute Gasteiger partial charge is 0.258 e. The minimum Gasteiger partial charge on any atom is -0.483 e. The molecule has 0 saturated heterocycles. The van der Waals surface area contributed by atoms with Gasteiger partial charge in [0.05, 0.1) is 11.6 Å². The van der Waals surface area contributed by atoms with Crippen LogP contribution in [0.5, 0.6) is 5.75 Å². The molecule has 23 heavy (non-hydrogen) atoms. The van der Waals surface area contributed by atoms with Gasteiger partial charge >= 0.3 is 0 Å². The highest BCUT2D eigenvalue weighted by molar-refractivity contribution is 6.30. The van der Waals surface area contributed by atoms with Crippen LogP contribution < -0.4 is 15.8 Å². The van der Waals surface area contributed by atoms with Gasteiger partial charge in [-0.05, 0) is 36.8 Å². The van der Waals surface area contributed by atoms with E-state index in [-0.39, 0.29) is 29.9 Å². The Morgan fingerprint density at radius 3 is 2.48 bits per heavy atom. The molecular formula is C17H17ClN2O3. The predicted molar refractivity (Wildman–Crippen MR) is 88.5 cm³/mol. The topological polar surface area (TPSA) is 81.4 Å². The maximum Gasteiger partial charge on any atom is 0.258 e. The Hall–Kier alpha value is -2.53. The van der Waals surface area contributed by atoms with E-state index in [0.29, 0.717) is 5.02 Å². The molecule has 3 N–H and O–H groups in total. The number of para-hydroxylation sites is 1. The van der Waals surface area contributed by atoms with E-state index in [1.807, 2.05) is 19.1 Å². The lowest BCUT2D eigenvalue weighted by Gasteiger charge is -2.15. The van der Waals surface area contributed by atoms with Gasteiger partial charge in [0, 0.05) is 5.02 Å². The molecule has 2 aromatic carbocycles. The molecule has 0 saturated carbocycles. The van der Waals surface area contributed by atoms with Gasteiger partial charge in [-0.1, -0.05) is 35.9 Å². The van der Waals surface area contributed by atoms with Crippen molar-refractivity contribution in [3.63, 3.8) is 0 Å². The van der Waals surface area contributed by atoms with Gasteiger partial charge in [-0.2, -0.15) is 0 Å². The molecule has 1 unspecified atom stereocenters. The molecular weight excluding hydrogens is 316 g/mol. The number of hydrogen-bond donors (Lipinski definition) is 2. The SMILES string of the molecule is CC(NC(=O)COc1ccccc1C(N)=O)c1ccc(Cl)cc1. The molecule has 0 heterocycles. The zero-order valence-corrected chi connectivity index (χ0v) is 13.3. The first-order chi connectivity index (χ1) is 11.0. The van der Waals surface area contributed by atoms with Gasteiger partial charge in [0.2, 0.25) is 0 Å². The summed E-state index contributed by atoms with van der Waals surface area (Å²) in [6.45, 7) is 1.65. The second-order valence-corrected chi connectivity index (χ2v) is 5.43. The fourth-order valence-corrected chi connectivity index (χ4v) is 2.18. The molecule has 0 aliphatic carbocycles. The third kappa shape index (κ3) is 4.72. The molecule has 2 aromatic rings. The lowest BCUT2D eigenvalue weighted by atomic mass is 10.1. The van der Waals surface area contributed by atoms with Crippen molar-refractivity contribution in [3.8, 4) is 5.75 Å². The van der Waals surface area contributed by atoms with Crippen molar-refractivity contribution >= 4 is 23.4 Å². The highest BCUT2D eigenvalue weighted by atomic mass is 35.5. The second-order valence-electron chi connectivity index (χ2n) is 4.99. The van der Waals surface area contributed by atoms with E-state index in [2.05, 4.69) is 5.32 Å². The summed E-state index contributed by atoms with van der Waals surface area (Å²) in [5, 5.41) is 3.45. The van der Waals surface area contributed by atoms with E-state index in [0.717, 1.165) is 5.56 Å². The van der Waals surface area contributed by atoms with Crippen molar-refractivity contribution in [2.24, 2.45) is 5.73 Å². The number of benzene rings is 2. The van der Waals surface area contributed by atoms with E-state index in [9.17, 15) is 9.59 Å². The van der Waals surface area contributed by atoms with Gasteiger partial charge in [-0.25, -0.2) is 0 Å². The lowest BCUT2D eigenvalue weighted by molar-refractivity contribution is -0.123. The minimum absolute atomic E-state index is 0.185. The van der Waals surface area contributed by atoms with Crippen LogP contribution in [0.2, 0.25) is 5.02 Å². The number of ether oxygens (including phenoxy) is 1. The van der Waals surface area contributed by atoms with Gasteiger partial charge in [0.25, 0.3) is 11.8 Å². The largest absolute Gasteiger partial charge is 0.483 e. The summed E-state index contributed by atoms with van der Waals surface area (Å²) in [7, 11) is 0. The number of carbonyl (C=O) groups excluding carboxylic acids is 2. The number of nitrogens with one attached hydrogen (secondary N) is 1. The van der Waals surface area contributed by atoms with E-state index >= 15 is 0 Å². The molecule has 0 aliphatic rings. The normalized spacial score (nSPS) is 11.6.